The van der Waals surface area contributed by atoms with Crippen LogP contribution in [0.15, 0.2) is 12.7 Å². The van der Waals surface area contributed by atoms with E-state index in [9.17, 15) is 29.7 Å². The van der Waals surface area contributed by atoms with Gasteiger partial charge >= 0.3 is 17.9 Å². The lowest BCUT2D eigenvalue weighted by Crippen LogP contribution is -2.72. The normalized spacial score (nSPS) is 15.3. The van der Waals surface area contributed by atoms with Crippen LogP contribution in [0.3, 0.4) is 0 Å². The first-order valence-electron chi connectivity index (χ1n) is 15.4. The Morgan fingerprint density at radius 2 is 0.868 bits per heavy atom. The largest absolute Gasteiger partial charge is 0.477 e. The number of unbranched alkanes of at least 4 members (excludes halogenated alkanes) is 12. The predicted octanol–water partition coefficient (Wildman–Crippen LogP) is 7.82. The number of carboxylic acid groups (broad SMARTS) is 3. The Bertz CT molecular complexity index is 605. The lowest BCUT2D eigenvalue weighted by molar-refractivity contribution is -0.973. The highest BCUT2D eigenvalue weighted by atomic mass is 16.4. The van der Waals surface area contributed by atoms with Crippen molar-refractivity contribution in [2.24, 2.45) is 0 Å². The topological polar surface area (TPSA) is 112 Å². The fourth-order valence-corrected chi connectivity index (χ4v) is 6.09. The van der Waals surface area contributed by atoms with Gasteiger partial charge in [-0.15, -0.1) is 6.58 Å². The SMILES string of the molecule is C=CCCCCCCCCCCCCCC[N+](C(CCC)C(=O)O)(C(CCC)C(=O)O)C(CCC)C(=O)O. The Kier molecular flexibility index (Phi) is 20.9. The smallest absolute Gasteiger partial charge is 0.362 e. The van der Waals surface area contributed by atoms with Crippen LogP contribution < -0.4 is 0 Å². The molecule has 0 rings (SSSR count). The average Bonchev–Trinajstić information content (AvgIpc) is 2.87. The minimum Gasteiger partial charge on any atom is -0.477 e. The van der Waals surface area contributed by atoms with E-state index >= 15 is 0 Å². The number of rotatable bonds is 27. The van der Waals surface area contributed by atoms with Gasteiger partial charge in [-0.1, -0.05) is 84.6 Å². The first kappa shape index (κ1) is 36.1. The van der Waals surface area contributed by atoms with Gasteiger partial charge in [-0.3, -0.25) is 4.48 Å². The maximum Gasteiger partial charge on any atom is 0.362 e. The van der Waals surface area contributed by atoms with Crippen molar-refractivity contribution in [2.45, 2.75) is 161 Å². The van der Waals surface area contributed by atoms with E-state index in [2.05, 4.69) is 6.58 Å². The molecule has 0 saturated carbocycles. The number of nitrogens with zero attached hydrogens (tertiary/aromatic N) is 1. The molecule has 0 radical (unpaired) electrons. The van der Waals surface area contributed by atoms with Crippen molar-refractivity contribution < 1.29 is 34.2 Å². The van der Waals surface area contributed by atoms with Crippen molar-refractivity contribution in [2.75, 3.05) is 6.54 Å². The second-order valence-electron chi connectivity index (χ2n) is 11.0. The average molecular weight is 541 g/mol. The summed E-state index contributed by atoms with van der Waals surface area (Å²) >= 11 is 0. The molecule has 7 nitrogen and oxygen atoms in total. The van der Waals surface area contributed by atoms with Gasteiger partial charge in [-0.2, -0.15) is 0 Å². The lowest BCUT2D eigenvalue weighted by Gasteiger charge is -2.50. The summed E-state index contributed by atoms with van der Waals surface area (Å²) in [6, 6.07) is -3.13. The molecule has 0 saturated heterocycles. The van der Waals surface area contributed by atoms with Crippen molar-refractivity contribution in [1.29, 1.82) is 0 Å². The van der Waals surface area contributed by atoms with Crippen molar-refractivity contribution in [3.05, 3.63) is 12.7 Å². The first-order chi connectivity index (χ1) is 18.2. The van der Waals surface area contributed by atoms with Gasteiger partial charge < -0.3 is 15.3 Å². The van der Waals surface area contributed by atoms with Gasteiger partial charge in [0.25, 0.3) is 0 Å². The molecule has 0 aliphatic rings. The van der Waals surface area contributed by atoms with E-state index in [4.69, 9.17) is 0 Å². The van der Waals surface area contributed by atoms with Crippen LogP contribution in [0.25, 0.3) is 0 Å². The number of allylic oxidation sites excluding steroid dienone is 1. The van der Waals surface area contributed by atoms with E-state index in [-0.39, 0.29) is 30.3 Å². The molecule has 0 aromatic heterocycles. The zero-order valence-electron chi connectivity index (χ0n) is 24.7. The van der Waals surface area contributed by atoms with Crippen molar-refractivity contribution in [3.63, 3.8) is 0 Å². The minimum atomic E-state index is -1.09. The third-order valence-corrected chi connectivity index (χ3v) is 7.99. The molecule has 0 aliphatic heterocycles. The molecular weight excluding hydrogens is 482 g/mol. The number of aliphatic carboxylic acids is 3. The molecule has 3 unspecified atom stereocenters. The molecule has 3 N–H and O–H groups in total. The van der Waals surface area contributed by atoms with Gasteiger partial charge in [-0.05, 0) is 44.9 Å². The lowest BCUT2D eigenvalue weighted by atomic mass is 9.91. The summed E-state index contributed by atoms with van der Waals surface area (Å²) in [7, 11) is 0. The van der Waals surface area contributed by atoms with Gasteiger partial charge in [0, 0.05) is 19.3 Å². The van der Waals surface area contributed by atoms with Crippen molar-refractivity contribution in [1.82, 2.24) is 0 Å². The highest BCUT2D eigenvalue weighted by Crippen LogP contribution is 2.34. The Balaban J connectivity index is 5.28. The van der Waals surface area contributed by atoms with Gasteiger partial charge in [0.1, 0.15) is 0 Å². The van der Waals surface area contributed by atoms with Gasteiger partial charge in [-0.25, -0.2) is 14.4 Å². The van der Waals surface area contributed by atoms with Crippen LogP contribution in [0.1, 0.15) is 143 Å². The molecule has 0 aliphatic carbocycles. The summed E-state index contributed by atoms with van der Waals surface area (Å²) < 4.78 is -0.373. The summed E-state index contributed by atoms with van der Waals surface area (Å²) in [5.41, 5.74) is 0. The Morgan fingerprint density at radius 1 is 0.579 bits per heavy atom. The minimum absolute atomic E-state index is 0.268. The highest BCUT2D eigenvalue weighted by molar-refractivity contribution is 5.78. The molecule has 0 bridgehead atoms. The van der Waals surface area contributed by atoms with Crippen LogP contribution >= 0.6 is 0 Å². The number of quaternary nitrogens is 1. The standard InChI is InChI=1S/C31H57NO6/c1-5-9-10-11-12-13-14-15-16-17-18-19-20-21-25-32(26(22-6-2)29(33)34,27(23-7-3)30(35)36)28(24-8-4)31(37)38/h5,26-28H,1,6-25H2,2-4H3,(H2-,33,34,35,36,37,38)/p+1. The molecule has 0 aromatic rings. The molecule has 3 atom stereocenters. The summed E-state index contributed by atoms with van der Waals surface area (Å²) in [5.74, 6) is -3.26. The number of carboxylic acids is 3. The molecule has 222 valence electrons. The summed E-state index contributed by atoms with van der Waals surface area (Å²) in [6.07, 6.45) is 19.2. The molecular formula is C31H58NO6+. The summed E-state index contributed by atoms with van der Waals surface area (Å²) in [5, 5.41) is 30.7. The molecule has 0 fully saturated rings. The van der Waals surface area contributed by atoms with E-state index in [1.807, 2.05) is 26.8 Å². The monoisotopic (exact) mass is 540 g/mol. The molecule has 0 aromatic carbocycles. The third-order valence-electron chi connectivity index (χ3n) is 7.99. The second-order valence-corrected chi connectivity index (χ2v) is 11.0. The van der Waals surface area contributed by atoms with Gasteiger partial charge in [0.15, 0.2) is 18.1 Å². The van der Waals surface area contributed by atoms with Crippen LogP contribution in [0.5, 0.6) is 0 Å². The number of hydrogen-bond donors (Lipinski definition) is 3. The van der Waals surface area contributed by atoms with E-state index in [0.29, 0.717) is 25.7 Å². The van der Waals surface area contributed by atoms with E-state index < -0.39 is 36.0 Å². The molecule has 0 spiro atoms. The fourth-order valence-electron chi connectivity index (χ4n) is 6.09. The molecule has 38 heavy (non-hydrogen) atoms. The van der Waals surface area contributed by atoms with Gasteiger partial charge in [0.05, 0.1) is 6.54 Å². The quantitative estimate of drug-likeness (QED) is 0.0556. The molecule has 7 heteroatoms. The van der Waals surface area contributed by atoms with E-state index in [1.54, 1.807) is 0 Å². The second kappa shape index (κ2) is 22.0. The van der Waals surface area contributed by atoms with Crippen LogP contribution in [0, 0.1) is 0 Å². The first-order valence-corrected chi connectivity index (χ1v) is 15.4. The number of hydrogen-bond acceptors (Lipinski definition) is 3. The highest BCUT2D eigenvalue weighted by Gasteiger charge is 2.56. The van der Waals surface area contributed by atoms with Crippen LogP contribution in [0.2, 0.25) is 0 Å². The Morgan fingerprint density at radius 3 is 1.13 bits per heavy atom. The van der Waals surface area contributed by atoms with E-state index in [1.165, 1.54) is 51.4 Å². The maximum atomic E-state index is 12.5. The zero-order valence-corrected chi connectivity index (χ0v) is 24.7. The predicted molar refractivity (Wildman–Crippen MR) is 154 cm³/mol. The molecule has 0 heterocycles. The van der Waals surface area contributed by atoms with Crippen LogP contribution in [-0.4, -0.2) is 62.4 Å². The van der Waals surface area contributed by atoms with Gasteiger partial charge in [0.2, 0.25) is 0 Å². The molecule has 0 amide bonds. The maximum absolute atomic E-state index is 12.5. The third kappa shape index (κ3) is 12.8. The van der Waals surface area contributed by atoms with E-state index in [0.717, 1.165) is 25.7 Å². The summed E-state index contributed by atoms with van der Waals surface area (Å²) in [6.45, 7) is 9.66. The van der Waals surface area contributed by atoms with Crippen molar-refractivity contribution >= 4 is 17.9 Å². The fraction of sp³-hybridized carbons (Fsp3) is 0.839. The Hall–Kier alpha value is -1.89. The zero-order chi connectivity index (χ0) is 28.8. The number of carbonyl (C=O) groups is 3. The van der Waals surface area contributed by atoms with Crippen LogP contribution in [0.4, 0.5) is 0 Å². The Labute approximate surface area is 232 Å². The summed E-state index contributed by atoms with van der Waals surface area (Å²) in [4.78, 5) is 37.6. The van der Waals surface area contributed by atoms with Crippen LogP contribution in [-0.2, 0) is 14.4 Å². The van der Waals surface area contributed by atoms with Crippen molar-refractivity contribution in [3.8, 4) is 0 Å².